The van der Waals surface area contributed by atoms with Gasteiger partial charge in [0.2, 0.25) is 5.56 Å². The Morgan fingerprint density at radius 2 is 1.95 bits per heavy atom. The number of fused-ring (bicyclic) bond motifs is 3. The molecule has 0 radical (unpaired) electrons. The minimum Gasteiger partial charge on any atom is -0.444 e. The van der Waals surface area contributed by atoms with Gasteiger partial charge in [-0.25, -0.2) is 0 Å². The summed E-state index contributed by atoms with van der Waals surface area (Å²) in [6, 6.07) is 14.2. The molecule has 1 aromatic heterocycles. The molecule has 3 aromatic rings. The Kier molecular flexibility index (Phi) is 3.36. The standard InChI is InChI=1S/C16H14ClNO2/c1-2-18-14-6-4-3-5-12(14)13-9-11(7-8-15(13)18)16(17)20-10-19/h3-10,16H,2H2,1H3. The van der Waals surface area contributed by atoms with Gasteiger partial charge in [0.05, 0.1) is 0 Å². The van der Waals surface area contributed by atoms with Gasteiger partial charge in [-0.1, -0.05) is 35.9 Å². The van der Waals surface area contributed by atoms with Crippen LogP contribution in [0.5, 0.6) is 0 Å². The van der Waals surface area contributed by atoms with Crippen LogP contribution in [0, 0.1) is 0 Å². The molecule has 0 spiro atoms. The molecular weight excluding hydrogens is 274 g/mol. The van der Waals surface area contributed by atoms with Gasteiger partial charge < -0.3 is 9.30 Å². The number of ether oxygens (including phenoxy) is 1. The highest BCUT2D eigenvalue weighted by Gasteiger charge is 2.13. The molecule has 0 aliphatic heterocycles. The lowest BCUT2D eigenvalue weighted by Crippen LogP contribution is -1.96. The molecule has 0 fully saturated rings. The maximum atomic E-state index is 10.4. The molecule has 0 N–H and O–H groups in total. The fourth-order valence-electron chi connectivity index (χ4n) is 2.68. The minimum atomic E-state index is -0.749. The van der Waals surface area contributed by atoms with Crippen molar-refractivity contribution in [2.45, 2.75) is 19.0 Å². The maximum Gasteiger partial charge on any atom is 0.294 e. The number of aromatic nitrogens is 1. The van der Waals surface area contributed by atoms with Crippen LogP contribution in [0.4, 0.5) is 0 Å². The van der Waals surface area contributed by atoms with Gasteiger partial charge in [-0.15, -0.1) is 0 Å². The monoisotopic (exact) mass is 287 g/mol. The molecule has 20 heavy (non-hydrogen) atoms. The van der Waals surface area contributed by atoms with Crippen LogP contribution in [0.3, 0.4) is 0 Å². The predicted octanol–water partition coefficient (Wildman–Crippen LogP) is 4.22. The fourth-order valence-corrected chi connectivity index (χ4v) is 2.86. The summed E-state index contributed by atoms with van der Waals surface area (Å²) in [7, 11) is 0. The maximum absolute atomic E-state index is 10.4. The van der Waals surface area contributed by atoms with Gasteiger partial charge in [0.1, 0.15) is 0 Å². The second-order valence-electron chi connectivity index (χ2n) is 4.59. The van der Waals surface area contributed by atoms with Crippen LogP contribution in [0.1, 0.15) is 18.1 Å². The first kappa shape index (κ1) is 13.0. The molecule has 0 aliphatic carbocycles. The van der Waals surface area contributed by atoms with Gasteiger partial charge in [0.15, 0.2) is 0 Å². The Balaban J connectivity index is 2.28. The van der Waals surface area contributed by atoms with E-state index in [2.05, 4.69) is 23.6 Å². The summed E-state index contributed by atoms with van der Waals surface area (Å²) < 4.78 is 7.06. The molecule has 3 rings (SSSR count). The number of carbonyl (C=O) groups is 1. The van der Waals surface area contributed by atoms with Crippen LogP contribution in [0.15, 0.2) is 42.5 Å². The Morgan fingerprint density at radius 1 is 1.20 bits per heavy atom. The average molecular weight is 288 g/mol. The molecule has 0 bridgehead atoms. The zero-order valence-corrected chi connectivity index (χ0v) is 11.8. The summed E-state index contributed by atoms with van der Waals surface area (Å²) in [6.45, 7) is 3.40. The normalized spacial score (nSPS) is 12.7. The quantitative estimate of drug-likeness (QED) is 0.531. The van der Waals surface area contributed by atoms with Crippen molar-refractivity contribution in [2.75, 3.05) is 0 Å². The van der Waals surface area contributed by atoms with E-state index in [1.54, 1.807) is 0 Å². The van der Waals surface area contributed by atoms with Crippen LogP contribution >= 0.6 is 11.6 Å². The fraction of sp³-hybridized carbons (Fsp3) is 0.188. The summed E-state index contributed by atoms with van der Waals surface area (Å²) >= 11 is 6.04. The van der Waals surface area contributed by atoms with Crippen molar-refractivity contribution in [2.24, 2.45) is 0 Å². The van der Waals surface area contributed by atoms with Crippen molar-refractivity contribution in [1.29, 1.82) is 0 Å². The lowest BCUT2D eigenvalue weighted by atomic mass is 10.1. The van der Waals surface area contributed by atoms with Crippen LogP contribution < -0.4 is 0 Å². The van der Waals surface area contributed by atoms with Crippen molar-refractivity contribution >= 4 is 39.9 Å². The van der Waals surface area contributed by atoms with Gasteiger partial charge in [0, 0.05) is 33.9 Å². The number of hydrogen-bond donors (Lipinski definition) is 0. The molecule has 102 valence electrons. The smallest absolute Gasteiger partial charge is 0.294 e. The largest absolute Gasteiger partial charge is 0.444 e. The second-order valence-corrected chi connectivity index (χ2v) is 4.98. The van der Waals surface area contributed by atoms with E-state index in [-0.39, 0.29) is 0 Å². The highest BCUT2D eigenvalue weighted by atomic mass is 35.5. The Hall–Kier alpha value is -2.00. The lowest BCUT2D eigenvalue weighted by Gasteiger charge is -2.08. The first-order chi connectivity index (χ1) is 9.76. The predicted molar refractivity (Wildman–Crippen MR) is 80.9 cm³/mol. The Morgan fingerprint density at radius 3 is 2.70 bits per heavy atom. The third kappa shape index (κ3) is 1.95. The van der Waals surface area contributed by atoms with Crippen LogP contribution in [-0.4, -0.2) is 11.0 Å². The molecule has 1 heterocycles. The van der Waals surface area contributed by atoms with E-state index in [1.165, 1.54) is 10.9 Å². The molecule has 2 aromatic carbocycles. The molecular formula is C16H14ClNO2. The zero-order valence-electron chi connectivity index (χ0n) is 11.0. The number of carbonyl (C=O) groups excluding carboxylic acids is 1. The summed E-state index contributed by atoms with van der Waals surface area (Å²) in [5, 5.41) is 2.31. The molecule has 0 saturated carbocycles. The molecule has 0 amide bonds. The van der Waals surface area contributed by atoms with E-state index in [1.807, 2.05) is 30.3 Å². The van der Waals surface area contributed by atoms with E-state index in [0.717, 1.165) is 23.0 Å². The molecule has 0 saturated heterocycles. The number of aryl methyl sites for hydroxylation is 1. The summed E-state index contributed by atoms with van der Waals surface area (Å²) in [4.78, 5) is 10.4. The van der Waals surface area contributed by atoms with Crippen molar-refractivity contribution in [1.82, 2.24) is 4.57 Å². The molecule has 1 unspecified atom stereocenters. The third-order valence-corrected chi connectivity index (χ3v) is 3.90. The molecule has 1 atom stereocenters. The van der Waals surface area contributed by atoms with Crippen LogP contribution in [-0.2, 0) is 16.1 Å². The first-order valence-corrected chi connectivity index (χ1v) is 6.94. The number of alkyl halides is 1. The zero-order chi connectivity index (χ0) is 14.1. The topological polar surface area (TPSA) is 31.2 Å². The van der Waals surface area contributed by atoms with E-state index < -0.39 is 5.56 Å². The molecule has 4 heteroatoms. The lowest BCUT2D eigenvalue weighted by molar-refractivity contribution is -0.130. The van der Waals surface area contributed by atoms with E-state index >= 15 is 0 Å². The summed E-state index contributed by atoms with van der Waals surface area (Å²) in [5.41, 5.74) is 2.39. The molecule has 0 aliphatic rings. The number of benzene rings is 2. The SMILES string of the molecule is CCn1c2ccccc2c2cc(C(Cl)OC=O)ccc21. The number of rotatable bonds is 4. The van der Waals surface area contributed by atoms with E-state index in [0.29, 0.717) is 6.47 Å². The van der Waals surface area contributed by atoms with E-state index in [9.17, 15) is 4.79 Å². The first-order valence-electron chi connectivity index (χ1n) is 6.50. The summed E-state index contributed by atoms with van der Waals surface area (Å²) in [6.07, 6.45) is 0. The second kappa shape index (κ2) is 5.17. The number of halogens is 1. The minimum absolute atomic E-state index is 0.372. The van der Waals surface area contributed by atoms with Crippen molar-refractivity contribution < 1.29 is 9.53 Å². The van der Waals surface area contributed by atoms with E-state index in [4.69, 9.17) is 16.3 Å². The highest BCUT2D eigenvalue weighted by molar-refractivity contribution is 6.20. The van der Waals surface area contributed by atoms with Gasteiger partial charge in [-0.3, -0.25) is 4.79 Å². The van der Waals surface area contributed by atoms with Crippen molar-refractivity contribution in [3.05, 3.63) is 48.0 Å². The van der Waals surface area contributed by atoms with Crippen molar-refractivity contribution in [3.63, 3.8) is 0 Å². The van der Waals surface area contributed by atoms with Crippen LogP contribution in [0.25, 0.3) is 21.8 Å². The Labute approximate surface area is 121 Å². The summed E-state index contributed by atoms with van der Waals surface area (Å²) in [5.74, 6) is 0. The Bertz CT molecular complexity index is 779. The number of nitrogens with zero attached hydrogens (tertiary/aromatic N) is 1. The average Bonchev–Trinajstić information content (AvgIpc) is 2.80. The van der Waals surface area contributed by atoms with Crippen LogP contribution in [0.2, 0.25) is 0 Å². The number of hydrogen-bond acceptors (Lipinski definition) is 2. The van der Waals surface area contributed by atoms with Gasteiger partial charge in [-0.05, 0) is 25.1 Å². The van der Waals surface area contributed by atoms with Gasteiger partial charge in [0.25, 0.3) is 6.47 Å². The van der Waals surface area contributed by atoms with Crippen molar-refractivity contribution in [3.8, 4) is 0 Å². The third-order valence-electron chi connectivity index (χ3n) is 3.55. The highest BCUT2D eigenvalue weighted by Crippen LogP contribution is 2.32. The molecule has 3 nitrogen and oxygen atoms in total. The number of para-hydroxylation sites is 1. The van der Waals surface area contributed by atoms with Gasteiger partial charge in [-0.2, -0.15) is 0 Å². The van der Waals surface area contributed by atoms with Gasteiger partial charge >= 0.3 is 0 Å².